The number of nitrogens with one attached hydrogen (secondary N) is 1. The van der Waals surface area contributed by atoms with Gasteiger partial charge in [0.05, 0.1) is 12.6 Å². The Morgan fingerprint density at radius 1 is 1.54 bits per heavy atom. The van der Waals surface area contributed by atoms with Gasteiger partial charge in [0.1, 0.15) is 0 Å². The Kier molecular flexibility index (Phi) is 4.42. The fourth-order valence-electron chi connectivity index (χ4n) is 1.40. The van der Waals surface area contributed by atoms with Gasteiger partial charge in [0, 0.05) is 7.11 Å². The Bertz CT molecular complexity index is 241. The first-order valence-electron chi connectivity index (χ1n) is 4.54. The molecule has 74 valence electrons. The maximum Gasteiger partial charge on any atom is 0.0658 e. The lowest BCUT2D eigenvalue weighted by molar-refractivity contribution is 0.167. The lowest BCUT2D eigenvalue weighted by atomic mass is 10.1. The first-order chi connectivity index (χ1) is 6.29. The Morgan fingerprint density at radius 2 is 2.31 bits per heavy atom. The molecular weight excluding hydrogens is 182 g/mol. The van der Waals surface area contributed by atoms with Crippen molar-refractivity contribution in [3.63, 3.8) is 0 Å². The molecular formula is C10H17NOS. The van der Waals surface area contributed by atoms with Gasteiger partial charge in [-0.05, 0) is 35.4 Å². The van der Waals surface area contributed by atoms with E-state index in [2.05, 4.69) is 29.9 Å². The maximum absolute atomic E-state index is 5.18. The molecule has 0 bridgehead atoms. The lowest BCUT2D eigenvalue weighted by Crippen LogP contribution is -2.24. The third-order valence-corrected chi connectivity index (χ3v) is 2.93. The number of thiophene rings is 1. The van der Waals surface area contributed by atoms with Crippen LogP contribution in [-0.2, 0) is 4.74 Å². The van der Waals surface area contributed by atoms with E-state index in [0.717, 1.165) is 13.2 Å². The van der Waals surface area contributed by atoms with Crippen LogP contribution in [0.2, 0.25) is 0 Å². The Labute approximate surface area is 83.9 Å². The van der Waals surface area contributed by atoms with Gasteiger partial charge in [-0.1, -0.05) is 6.92 Å². The zero-order valence-corrected chi connectivity index (χ0v) is 9.28. The molecule has 0 aliphatic heterocycles. The molecule has 0 saturated heterocycles. The first kappa shape index (κ1) is 10.7. The summed E-state index contributed by atoms with van der Waals surface area (Å²) in [7, 11) is 1.74. The second kappa shape index (κ2) is 5.37. The summed E-state index contributed by atoms with van der Waals surface area (Å²) in [5.74, 6) is 0. The normalized spacial score (nSPS) is 13.2. The summed E-state index contributed by atoms with van der Waals surface area (Å²) < 4.78 is 5.18. The van der Waals surface area contributed by atoms with E-state index in [9.17, 15) is 0 Å². The van der Waals surface area contributed by atoms with Crippen LogP contribution in [-0.4, -0.2) is 20.3 Å². The Balaban J connectivity index is 2.69. The highest BCUT2D eigenvalue weighted by molar-refractivity contribution is 7.08. The van der Waals surface area contributed by atoms with Crippen LogP contribution in [0.5, 0.6) is 0 Å². The smallest absolute Gasteiger partial charge is 0.0658 e. The minimum absolute atomic E-state index is 0.348. The van der Waals surface area contributed by atoms with Crippen LogP contribution in [0.3, 0.4) is 0 Å². The van der Waals surface area contributed by atoms with Crippen LogP contribution in [0.4, 0.5) is 0 Å². The van der Waals surface area contributed by atoms with Crippen molar-refractivity contribution in [2.45, 2.75) is 19.9 Å². The predicted molar refractivity (Wildman–Crippen MR) is 57.3 cm³/mol. The molecule has 1 heterocycles. The highest BCUT2D eigenvalue weighted by atomic mass is 32.1. The van der Waals surface area contributed by atoms with Gasteiger partial charge in [0.15, 0.2) is 0 Å². The van der Waals surface area contributed by atoms with Gasteiger partial charge in [-0.25, -0.2) is 0 Å². The van der Waals surface area contributed by atoms with Crippen LogP contribution in [0.25, 0.3) is 0 Å². The van der Waals surface area contributed by atoms with Gasteiger partial charge in [-0.3, -0.25) is 0 Å². The van der Waals surface area contributed by atoms with Crippen molar-refractivity contribution in [2.75, 3.05) is 20.3 Å². The fraction of sp³-hybridized carbons (Fsp3) is 0.600. The summed E-state index contributed by atoms with van der Waals surface area (Å²) in [5, 5.41) is 7.78. The molecule has 1 aromatic rings. The summed E-state index contributed by atoms with van der Waals surface area (Å²) in [5.41, 5.74) is 2.72. The van der Waals surface area contributed by atoms with Crippen LogP contribution in [0, 0.1) is 6.92 Å². The minimum atomic E-state index is 0.348. The Hall–Kier alpha value is -0.380. The van der Waals surface area contributed by atoms with E-state index in [1.54, 1.807) is 18.4 Å². The third-order valence-electron chi connectivity index (χ3n) is 2.05. The van der Waals surface area contributed by atoms with Gasteiger partial charge in [-0.15, -0.1) is 0 Å². The van der Waals surface area contributed by atoms with Gasteiger partial charge in [-0.2, -0.15) is 11.3 Å². The molecule has 0 spiro atoms. The average molecular weight is 199 g/mol. The minimum Gasteiger partial charge on any atom is -0.383 e. The highest BCUT2D eigenvalue weighted by Crippen LogP contribution is 2.21. The van der Waals surface area contributed by atoms with Crippen molar-refractivity contribution in [2.24, 2.45) is 0 Å². The van der Waals surface area contributed by atoms with Crippen molar-refractivity contribution in [1.29, 1.82) is 0 Å². The molecule has 0 radical (unpaired) electrons. The molecule has 1 atom stereocenters. The van der Waals surface area contributed by atoms with Gasteiger partial charge < -0.3 is 10.1 Å². The van der Waals surface area contributed by atoms with E-state index in [-0.39, 0.29) is 0 Å². The van der Waals surface area contributed by atoms with E-state index in [4.69, 9.17) is 4.74 Å². The van der Waals surface area contributed by atoms with E-state index in [0.29, 0.717) is 6.04 Å². The molecule has 0 aliphatic carbocycles. The van der Waals surface area contributed by atoms with Crippen LogP contribution >= 0.6 is 11.3 Å². The number of hydrogen-bond acceptors (Lipinski definition) is 3. The fourth-order valence-corrected chi connectivity index (χ4v) is 2.30. The van der Waals surface area contributed by atoms with E-state index in [1.165, 1.54) is 11.1 Å². The average Bonchev–Trinajstić information content (AvgIpc) is 2.51. The summed E-state index contributed by atoms with van der Waals surface area (Å²) in [4.78, 5) is 0. The second-order valence-electron chi connectivity index (χ2n) is 3.08. The number of rotatable bonds is 5. The van der Waals surface area contributed by atoms with Crippen molar-refractivity contribution >= 4 is 11.3 Å². The van der Waals surface area contributed by atoms with Crippen molar-refractivity contribution in [3.8, 4) is 0 Å². The van der Waals surface area contributed by atoms with Crippen LogP contribution in [0.15, 0.2) is 10.8 Å². The molecule has 0 aliphatic rings. The summed E-state index contributed by atoms with van der Waals surface area (Å²) >= 11 is 1.75. The second-order valence-corrected chi connectivity index (χ2v) is 3.82. The largest absolute Gasteiger partial charge is 0.383 e. The molecule has 2 nitrogen and oxygen atoms in total. The predicted octanol–water partition coefficient (Wildman–Crippen LogP) is 2.35. The number of likely N-dealkylation sites (N-methyl/N-ethyl adjacent to an activating group) is 1. The van der Waals surface area contributed by atoms with Gasteiger partial charge in [0.2, 0.25) is 0 Å². The zero-order chi connectivity index (χ0) is 9.68. The molecule has 1 N–H and O–H groups in total. The number of ether oxygens (including phenoxy) is 1. The van der Waals surface area contributed by atoms with E-state index in [1.807, 2.05) is 0 Å². The summed E-state index contributed by atoms with van der Waals surface area (Å²) in [6.07, 6.45) is 0. The highest BCUT2D eigenvalue weighted by Gasteiger charge is 2.12. The van der Waals surface area contributed by atoms with Gasteiger partial charge >= 0.3 is 0 Å². The van der Waals surface area contributed by atoms with Crippen molar-refractivity contribution in [3.05, 3.63) is 21.9 Å². The third kappa shape index (κ3) is 2.79. The maximum atomic E-state index is 5.18. The monoisotopic (exact) mass is 199 g/mol. The molecule has 0 aromatic carbocycles. The standard InChI is InChI=1S/C10H17NOS/c1-4-11-10(5-12-3)9-7-13-6-8(9)2/h6-7,10-11H,4-5H2,1-3H3. The molecule has 13 heavy (non-hydrogen) atoms. The van der Waals surface area contributed by atoms with Crippen molar-refractivity contribution in [1.82, 2.24) is 5.32 Å². The molecule has 1 aromatic heterocycles. The number of hydrogen-bond donors (Lipinski definition) is 1. The number of aryl methyl sites for hydroxylation is 1. The summed E-state index contributed by atoms with van der Waals surface area (Å²) in [6, 6.07) is 0.348. The molecule has 3 heteroatoms. The lowest BCUT2D eigenvalue weighted by Gasteiger charge is -2.16. The first-order valence-corrected chi connectivity index (χ1v) is 5.48. The molecule has 0 amide bonds. The Morgan fingerprint density at radius 3 is 2.77 bits per heavy atom. The topological polar surface area (TPSA) is 21.3 Å². The van der Waals surface area contributed by atoms with E-state index < -0.39 is 0 Å². The molecule has 1 rings (SSSR count). The number of methoxy groups -OCH3 is 1. The zero-order valence-electron chi connectivity index (χ0n) is 8.46. The van der Waals surface area contributed by atoms with Gasteiger partial charge in [0.25, 0.3) is 0 Å². The molecule has 0 fully saturated rings. The van der Waals surface area contributed by atoms with Crippen LogP contribution < -0.4 is 5.32 Å². The SMILES string of the molecule is CCNC(COC)c1cscc1C. The van der Waals surface area contributed by atoms with E-state index >= 15 is 0 Å². The molecule has 0 saturated carbocycles. The molecule has 1 unspecified atom stereocenters. The quantitative estimate of drug-likeness (QED) is 0.786. The summed E-state index contributed by atoms with van der Waals surface area (Å²) in [6.45, 7) is 5.98. The van der Waals surface area contributed by atoms with Crippen LogP contribution in [0.1, 0.15) is 24.1 Å². The van der Waals surface area contributed by atoms with Crippen molar-refractivity contribution < 1.29 is 4.74 Å².